The first-order valence-corrected chi connectivity index (χ1v) is 6.89. The first kappa shape index (κ1) is 14.3. The molecule has 4 nitrogen and oxygen atoms in total. The van der Waals surface area contributed by atoms with Crippen LogP contribution >= 0.6 is 0 Å². The van der Waals surface area contributed by atoms with Gasteiger partial charge >= 0.3 is 6.03 Å². The molecular formula is C13H27N3O. The summed E-state index contributed by atoms with van der Waals surface area (Å²) in [5, 5.41) is 3.37. The molecule has 0 aliphatic carbocycles. The molecule has 0 saturated carbocycles. The summed E-state index contributed by atoms with van der Waals surface area (Å²) in [5.74, 6) is 0.678. The van der Waals surface area contributed by atoms with Gasteiger partial charge in [-0.3, -0.25) is 0 Å². The molecule has 2 amide bonds. The maximum atomic E-state index is 12.2. The molecule has 0 aromatic carbocycles. The van der Waals surface area contributed by atoms with Gasteiger partial charge < -0.3 is 15.1 Å². The predicted molar refractivity (Wildman–Crippen MR) is 71.2 cm³/mol. The van der Waals surface area contributed by atoms with Gasteiger partial charge in [0.05, 0.1) is 0 Å². The third-order valence-electron chi connectivity index (χ3n) is 3.50. The lowest BCUT2D eigenvalue weighted by atomic mass is 9.97. The molecule has 1 fully saturated rings. The van der Waals surface area contributed by atoms with Gasteiger partial charge in [-0.05, 0) is 45.2 Å². The molecule has 0 aromatic rings. The van der Waals surface area contributed by atoms with Gasteiger partial charge in [-0.1, -0.05) is 6.92 Å². The molecule has 0 atom stereocenters. The van der Waals surface area contributed by atoms with Crippen LogP contribution in [0.4, 0.5) is 4.79 Å². The summed E-state index contributed by atoms with van der Waals surface area (Å²) in [6, 6.07) is 0.188. The largest absolute Gasteiger partial charge is 0.328 e. The first-order chi connectivity index (χ1) is 8.19. The minimum Gasteiger partial charge on any atom is -0.328 e. The molecular weight excluding hydrogens is 214 g/mol. The second kappa shape index (κ2) is 7.54. The summed E-state index contributed by atoms with van der Waals surface area (Å²) in [4.78, 5) is 16.0. The number of rotatable bonds is 5. The number of hydrogen-bond acceptors (Lipinski definition) is 2. The number of hydrogen-bond donors (Lipinski definition) is 1. The lowest BCUT2D eigenvalue weighted by Gasteiger charge is -2.32. The number of carbonyl (C=O) groups excluding carboxylic acids is 1. The van der Waals surface area contributed by atoms with E-state index in [0.29, 0.717) is 5.92 Å². The van der Waals surface area contributed by atoms with Crippen LogP contribution < -0.4 is 5.32 Å². The van der Waals surface area contributed by atoms with Crippen LogP contribution in [0.3, 0.4) is 0 Å². The van der Waals surface area contributed by atoms with E-state index in [1.54, 1.807) is 4.90 Å². The normalized spacial score (nSPS) is 16.9. The van der Waals surface area contributed by atoms with Crippen LogP contribution in [0.15, 0.2) is 0 Å². The van der Waals surface area contributed by atoms with Crippen molar-refractivity contribution in [2.75, 3.05) is 39.8 Å². The molecule has 1 heterocycles. The average Bonchev–Trinajstić information content (AvgIpc) is 2.37. The Bertz CT molecular complexity index is 227. The number of amides is 2. The second-order valence-electron chi connectivity index (χ2n) is 4.94. The summed E-state index contributed by atoms with van der Waals surface area (Å²) in [6.07, 6.45) is 3.43. The number of carbonyl (C=O) groups is 1. The molecule has 1 aliphatic rings. The second-order valence-corrected chi connectivity index (χ2v) is 4.94. The molecule has 17 heavy (non-hydrogen) atoms. The van der Waals surface area contributed by atoms with Crippen molar-refractivity contribution in [3.8, 4) is 0 Å². The Kier molecular flexibility index (Phi) is 6.34. The van der Waals surface area contributed by atoms with Crippen molar-refractivity contribution in [3.63, 3.8) is 0 Å². The average molecular weight is 241 g/mol. The molecule has 0 unspecified atom stereocenters. The third-order valence-corrected chi connectivity index (χ3v) is 3.50. The molecule has 0 radical (unpaired) electrons. The fourth-order valence-electron chi connectivity index (χ4n) is 2.29. The van der Waals surface area contributed by atoms with Gasteiger partial charge in [0.1, 0.15) is 0 Å². The Morgan fingerprint density at radius 1 is 1.29 bits per heavy atom. The van der Waals surface area contributed by atoms with E-state index in [1.807, 2.05) is 18.9 Å². The Morgan fingerprint density at radius 2 is 1.94 bits per heavy atom. The van der Waals surface area contributed by atoms with Crippen molar-refractivity contribution in [2.45, 2.75) is 33.1 Å². The van der Waals surface area contributed by atoms with Gasteiger partial charge in [-0.2, -0.15) is 0 Å². The molecule has 4 heteroatoms. The van der Waals surface area contributed by atoms with Gasteiger partial charge in [0, 0.05) is 26.7 Å². The predicted octanol–water partition coefficient (Wildman–Crippen LogP) is 1.77. The summed E-state index contributed by atoms with van der Waals surface area (Å²) in [5.41, 5.74) is 0. The summed E-state index contributed by atoms with van der Waals surface area (Å²) >= 11 is 0. The van der Waals surface area contributed by atoms with E-state index in [0.717, 1.165) is 39.1 Å². The molecule has 1 N–H and O–H groups in total. The monoisotopic (exact) mass is 241 g/mol. The molecule has 1 saturated heterocycles. The Labute approximate surface area is 105 Å². The van der Waals surface area contributed by atoms with E-state index in [1.165, 1.54) is 12.8 Å². The van der Waals surface area contributed by atoms with Gasteiger partial charge in [-0.15, -0.1) is 0 Å². The smallest absolute Gasteiger partial charge is 0.319 e. The standard InChI is InChI=1S/C13H27N3O/c1-4-10-16(13(17)15(3)5-2)11-12-6-8-14-9-7-12/h12,14H,4-11H2,1-3H3. The van der Waals surface area contributed by atoms with Crippen LogP contribution in [0.25, 0.3) is 0 Å². The van der Waals surface area contributed by atoms with Crippen LogP contribution in [0.1, 0.15) is 33.1 Å². The Morgan fingerprint density at radius 3 is 2.47 bits per heavy atom. The third kappa shape index (κ3) is 4.54. The lowest BCUT2D eigenvalue weighted by Crippen LogP contribution is -2.45. The summed E-state index contributed by atoms with van der Waals surface area (Å²) < 4.78 is 0. The fraction of sp³-hybridized carbons (Fsp3) is 0.923. The number of urea groups is 1. The highest BCUT2D eigenvalue weighted by molar-refractivity contribution is 5.74. The van der Waals surface area contributed by atoms with Gasteiger partial charge in [0.15, 0.2) is 0 Å². The zero-order valence-corrected chi connectivity index (χ0v) is 11.5. The quantitative estimate of drug-likeness (QED) is 0.796. The number of nitrogens with zero attached hydrogens (tertiary/aromatic N) is 2. The van der Waals surface area contributed by atoms with Crippen molar-refractivity contribution in [1.82, 2.24) is 15.1 Å². The Balaban J connectivity index is 2.48. The Hall–Kier alpha value is -0.770. The van der Waals surface area contributed by atoms with Crippen LogP contribution in [0.5, 0.6) is 0 Å². The minimum atomic E-state index is 0.188. The molecule has 0 aromatic heterocycles. The highest BCUT2D eigenvalue weighted by Crippen LogP contribution is 2.14. The number of nitrogens with one attached hydrogen (secondary N) is 1. The van der Waals surface area contributed by atoms with E-state index < -0.39 is 0 Å². The van der Waals surface area contributed by atoms with Crippen LogP contribution in [-0.4, -0.2) is 55.6 Å². The van der Waals surface area contributed by atoms with Crippen molar-refractivity contribution < 1.29 is 4.79 Å². The molecule has 0 spiro atoms. The SMILES string of the molecule is CCCN(CC1CCNCC1)C(=O)N(C)CC. The van der Waals surface area contributed by atoms with Crippen molar-refractivity contribution in [3.05, 3.63) is 0 Å². The van der Waals surface area contributed by atoms with Crippen LogP contribution in [0, 0.1) is 5.92 Å². The molecule has 1 rings (SSSR count). The highest BCUT2D eigenvalue weighted by atomic mass is 16.2. The summed E-state index contributed by atoms with van der Waals surface area (Å²) in [6.45, 7) is 8.95. The topological polar surface area (TPSA) is 35.6 Å². The fourth-order valence-corrected chi connectivity index (χ4v) is 2.29. The van der Waals surface area contributed by atoms with E-state index in [4.69, 9.17) is 0 Å². The maximum absolute atomic E-state index is 12.2. The van der Waals surface area contributed by atoms with Gasteiger partial charge in [0.2, 0.25) is 0 Å². The van der Waals surface area contributed by atoms with Gasteiger partial charge in [-0.25, -0.2) is 4.79 Å². The highest BCUT2D eigenvalue weighted by Gasteiger charge is 2.21. The maximum Gasteiger partial charge on any atom is 0.319 e. The van der Waals surface area contributed by atoms with Crippen molar-refractivity contribution >= 4 is 6.03 Å². The summed E-state index contributed by atoms with van der Waals surface area (Å²) in [7, 11) is 1.88. The van der Waals surface area contributed by atoms with E-state index >= 15 is 0 Å². The van der Waals surface area contributed by atoms with Crippen molar-refractivity contribution in [2.24, 2.45) is 5.92 Å². The minimum absolute atomic E-state index is 0.188. The van der Waals surface area contributed by atoms with Crippen LogP contribution in [-0.2, 0) is 0 Å². The number of piperidine rings is 1. The lowest BCUT2D eigenvalue weighted by molar-refractivity contribution is 0.150. The molecule has 100 valence electrons. The van der Waals surface area contributed by atoms with E-state index in [2.05, 4.69) is 12.2 Å². The molecule has 0 bridgehead atoms. The first-order valence-electron chi connectivity index (χ1n) is 6.89. The zero-order chi connectivity index (χ0) is 12.7. The van der Waals surface area contributed by atoms with Gasteiger partial charge in [0.25, 0.3) is 0 Å². The van der Waals surface area contributed by atoms with E-state index in [-0.39, 0.29) is 6.03 Å². The zero-order valence-electron chi connectivity index (χ0n) is 11.5. The van der Waals surface area contributed by atoms with E-state index in [9.17, 15) is 4.79 Å². The van der Waals surface area contributed by atoms with Crippen LogP contribution in [0.2, 0.25) is 0 Å². The molecule has 1 aliphatic heterocycles. The van der Waals surface area contributed by atoms with Crippen molar-refractivity contribution in [1.29, 1.82) is 0 Å².